The predicted molar refractivity (Wildman–Crippen MR) is 105 cm³/mol. The highest BCUT2D eigenvalue weighted by Gasteiger charge is 2.09. The predicted octanol–water partition coefficient (Wildman–Crippen LogP) is 4.32. The number of rotatable bonds is 7. The van der Waals surface area contributed by atoms with Crippen LogP contribution in [0.4, 0.5) is 5.69 Å². The zero-order valence-electron chi connectivity index (χ0n) is 14.7. The van der Waals surface area contributed by atoms with Gasteiger partial charge < -0.3 is 10.2 Å². The lowest BCUT2D eigenvalue weighted by Crippen LogP contribution is -2.24. The van der Waals surface area contributed by atoms with Crippen molar-refractivity contribution in [2.75, 3.05) is 18.9 Å². The van der Waals surface area contributed by atoms with Crippen molar-refractivity contribution in [2.24, 2.45) is 0 Å². The first kappa shape index (κ1) is 17.6. The number of benzene rings is 2. The van der Waals surface area contributed by atoms with Crippen molar-refractivity contribution in [1.82, 2.24) is 9.88 Å². The summed E-state index contributed by atoms with van der Waals surface area (Å²) in [5, 5.41) is 8.51. The number of aryl methyl sites for hydroxylation is 1. The molecule has 5 heteroatoms. The summed E-state index contributed by atoms with van der Waals surface area (Å²) in [5.74, 6) is 0.0377. The van der Waals surface area contributed by atoms with Crippen LogP contribution in [0.1, 0.15) is 24.0 Å². The van der Waals surface area contributed by atoms with Crippen LogP contribution >= 0.6 is 11.3 Å². The van der Waals surface area contributed by atoms with Gasteiger partial charge in [0, 0.05) is 36.0 Å². The standard InChI is InChI=1S/C20H23N3OS/c1-3-20-21-16(14-25-20)13-23(2)12-11-19(24)22-18-10-6-8-15-7-4-5-9-17(15)18/h4-10,14H,3,11-13H2,1-2H3,(H,22,24). The topological polar surface area (TPSA) is 45.2 Å². The second-order valence-corrected chi connectivity index (χ2v) is 7.09. The average molecular weight is 353 g/mol. The number of carbonyl (C=O) groups excluding carboxylic acids is 1. The Hall–Kier alpha value is -2.24. The minimum Gasteiger partial charge on any atom is -0.325 e. The van der Waals surface area contributed by atoms with Crippen molar-refractivity contribution in [3.63, 3.8) is 0 Å². The molecule has 4 nitrogen and oxygen atoms in total. The van der Waals surface area contributed by atoms with E-state index in [1.807, 2.05) is 37.4 Å². The molecule has 0 radical (unpaired) electrons. The molecule has 1 heterocycles. The highest BCUT2D eigenvalue weighted by atomic mass is 32.1. The van der Waals surface area contributed by atoms with Crippen LogP contribution in [-0.4, -0.2) is 29.4 Å². The Bertz CT molecular complexity index is 854. The fourth-order valence-electron chi connectivity index (χ4n) is 2.78. The number of amides is 1. The van der Waals surface area contributed by atoms with Crippen molar-refractivity contribution in [3.05, 3.63) is 58.5 Å². The van der Waals surface area contributed by atoms with Gasteiger partial charge >= 0.3 is 0 Å². The van der Waals surface area contributed by atoms with Gasteiger partial charge in [0.1, 0.15) is 0 Å². The summed E-state index contributed by atoms with van der Waals surface area (Å²) in [4.78, 5) is 19.0. The molecule has 0 fully saturated rings. The van der Waals surface area contributed by atoms with Crippen LogP contribution in [0.5, 0.6) is 0 Å². The molecule has 0 spiro atoms. The molecular formula is C20H23N3OS. The molecular weight excluding hydrogens is 330 g/mol. The molecule has 130 valence electrons. The highest BCUT2D eigenvalue weighted by molar-refractivity contribution is 7.09. The molecule has 0 atom stereocenters. The van der Waals surface area contributed by atoms with Crippen LogP contribution < -0.4 is 5.32 Å². The maximum atomic E-state index is 12.3. The van der Waals surface area contributed by atoms with Crippen molar-refractivity contribution in [1.29, 1.82) is 0 Å². The van der Waals surface area contributed by atoms with Crippen LogP contribution in [0.25, 0.3) is 10.8 Å². The number of anilines is 1. The van der Waals surface area contributed by atoms with Crippen LogP contribution in [0.15, 0.2) is 47.8 Å². The molecule has 1 N–H and O–H groups in total. The van der Waals surface area contributed by atoms with Gasteiger partial charge in [-0.2, -0.15) is 0 Å². The van der Waals surface area contributed by atoms with Gasteiger partial charge in [-0.05, 0) is 24.9 Å². The number of fused-ring (bicyclic) bond motifs is 1. The van der Waals surface area contributed by atoms with Gasteiger partial charge in [-0.15, -0.1) is 11.3 Å². The molecule has 1 amide bonds. The largest absolute Gasteiger partial charge is 0.325 e. The molecule has 1 aromatic heterocycles. The lowest BCUT2D eigenvalue weighted by atomic mass is 10.1. The number of aromatic nitrogens is 1. The quantitative estimate of drug-likeness (QED) is 0.688. The summed E-state index contributed by atoms with van der Waals surface area (Å²) in [7, 11) is 2.02. The number of carbonyl (C=O) groups is 1. The van der Waals surface area contributed by atoms with Crippen molar-refractivity contribution < 1.29 is 4.79 Å². The van der Waals surface area contributed by atoms with E-state index in [-0.39, 0.29) is 5.91 Å². The van der Waals surface area contributed by atoms with Gasteiger partial charge in [0.15, 0.2) is 0 Å². The summed E-state index contributed by atoms with van der Waals surface area (Å²) < 4.78 is 0. The molecule has 25 heavy (non-hydrogen) atoms. The van der Waals surface area contributed by atoms with Gasteiger partial charge in [-0.25, -0.2) is 4.98 Å². The van der Waals surface area contributed by atoms with Crippen LogP contribution in [0, 0.1) is 0 Å². The second kappa shape index (κ2) is 8.23. The minimum absolute atomic E-state index is 0.0377. The highest BCUT2D eigenvalue weighted by Crippen LogP contribution is 2.23. The van der Waals surface area contributed by atoms with Crippen molar-refractivity contribution in [3.8, 4) is 0 Å². The van der Waals surface area contributed by atoms with Crippen LogP contribution in [0.3, 0.4) is 0 Å². The molecule has 0 saturated carbocycles. The van der Waals surface area contributed by atoms with Crippen molar-refractivity contribution in [2.45, 2.75) is 26.3 Å². The summed E-state index contributed by atoms with van der Waals surface area (Å²) in [5.41, 5.74) is 1.96. The van der Waals surface area contributed by atoms with Gasteiger partial charge in [0.2, 0.25) is 5.91 Å². The third-order valence-corrected chi connectivity index (χ3v) is 5.16. The van der Waals surface area contributed by atoms with Gasteiger partial charge in [-0.1, -0.05) is 43.3 Å². The van der Waals surface area contributed by atoms with Crippen molar-refractivity contribution >= 4 is 33.7 Å². The first-order chi connectivity index (χ1) is 12.2. The molecule has 0 aliphatic heterocycles. The maximum Gasteiger partial charge on any atom is 0.225 e. The Morgan fingerprint density at radius 2 is 2.00 bits per heavy atom. The van der Waals surface area contributed by atoms with E-state index < -0.39 is 0 Å². The zero-order valence-corrected chi connectivity index (χ0v) is 15.5. The molecule has 3 aromatic rings. The van der Waals surface area contributed by atoms with Crippen LogP contribution in [-0.2, 0) is 17.8 Å². The van der Waals surface area contributed by atoms with E-state index in [2.05, 4.69) is 39.6 Å². The zero-order chi connectivity index (χ0) is 17.6. The lowest BCUT2D eigenvalue weighted by molar-refractivity contribution is -0.116. The van der Waals surface area contributed by atoms with Gasteiger partial charge in [0.25, 0.3) is 0 Å². The van der Waals surface area contributed by atoms with E-state index in [1.54, 1.807) is 11.3 Å². The SMILES string of the molecule is CCc1nc(CN(C)CCC(=O)Nc2cccc3ccccc23)cs1. The molecule has 0 aliphatic rings. The summed E-state index contributed by atoms with van der Waals surface area (Å²) in [6.07, 6.45) is 1.44. The number of thiazole rings is 1. The Morgan fingerprint density at radius 1 is 1.20 bits per heavy atom. The third kappa shape index (κ3) is 4.65. The Kier molecular flexibility index (Phi) is 5.79. The smallest absolute Gasteiger partial charge is 0.225 e. The number of nitrogens with zero attached hydrogens (tertiary/aromatic N) is 2. The average Bonchev–Trinajstić information content (AvgIpc) is 3.08. The Labute approximate surface area is 152 Å². The third-order valence-electron chi connectivity index (χ3n) is 4.12. The first-order valence-corrected chi connectivity index (χ1v) is 9.43. The number of nitrogens with one attached hydrogen (secondary N) is 1. The molecule has 0 aliphatic carbocycles. The molecule has 3 rings (SSSR count). The Balaban J connectivity index is 1.53. The lowest BCUT2D eigenvalue weighted by Gasteiger charge is -2.15. The van der Waals surface area contributed by atoms with E-state index in [9.17, 15) is 4.79 Å². The summed E-state index contributed by atoms with van der Waals surface area (Å²) >= 11 is 1.70. The summed E-state index contributed by atoms with van der Waals surface area (Å²) in [6, 6.07) is 14.1. The van der Waals surface area contributed by atoms with Gasteiger partial charge in [0.05, 0.1) is 10.7 Å². The first-order valence-electron chi connectivity index (χ1n) is 8.55. The normalized spacial score (nSPS) is 11.2. The number of hydrogen-bond donors (Lipinski definition) is 1. The monoisotopic (exact) mass is 353 g/mol. The molecule has 0 unspecified atom stereocenters. The van der Waals surface area contributed by atoms with Gasteiger partial charge in [-0.3, -0.25) is 4.79 Å². The van der Waals surface area contributed by atoms with E-state index in [0.717, 1.165) is 40.1 Å². The fourth-order valence-corrected chi connectivity index (χ4v) is 3.51. The van der Waals surface area contributed by atoms with E-state index in [4.69, 9.17) is 0 Å². The van der Waals surface area contributed by atoms with E-state index in [0.29, 0.717) is 13.0 Å². The fraction of sp³-hybridized carbons (Fsp3) is 0.300. The molecule has 0 bridgehead atoms. The van der Waals surface area contributed by atoms with E-state index >= 15 is 0 Å². The Morgan fingerprint density at radius 3 is 2.80 bits per heavy atom. The van der Waals surface area contributed by atoms with E-state index in [1.165, 1.54) is 0 Å². The van der Waals surface area contributed by atoms with Crippen LogP contribution in [0.2, 0.25) is 0 Å². The maximum absolute atomic E-state index is 12.3. The second-order valence-electron chi connectivity index (χ2n) is 6.15. The minimum atomic E-state index is 0.0377. The molecule has 2 aromatic carbocycles. The summed E-state index contributed by atoms with van der Waals surface area (Å²) in [6.45, 7) is 3.59. The number of hydrogen-bond acceptors (Lipinski definition) is 4. The molecule has 0 saturated heterocycles.